The molecular weight excluding hydrogens is 284 g/mol. The Morgan fingerprint density at radius 2 is 2.00 bits per heavy atom. The zero-order valence-electron chi connectivity index (χ0n) is 10.2. The van der Waals surface area contributed by atoms with E-state index in [1.54, 1.807) is 16.7 Å². The van der Waals surface area contributed by atoms with Crippen LogP contribution >= 0.6 is 22.7 Å². The Kier molecular flexibility index (Phi) is 5.03. The molecule has 2 aromatic heterocycles. The molecule has 0 saturated carbocycles. The second kappa shape index (κ2) is 6.76. The van der Waals surface area contributed by atoms with Crippen molar-refractivity contribution >= 4 is 28.6 Å². The molecule has 0 spiro atoms. The van der Waals surface area contributed by atoms with Crippen LogP contribution in [0, 0.1) is 0 Å². The van der Waals surface area contributed by atoms with E-state index >= 15 is 0 Å². The van der Waals surface area contributed by atoms with Gasteiger partial charge in [0.2, 0.25) is 0 Å². The van der Waals surface area contributed by atoms with Gasteiger partial charge in [-0.2, -0.15) is 0 Å². The van der Waals surface area contributed by atoms with Crippen molar-refractivity contribution in [1.82, 2.24) is 9.88 Å². The summed E-state index contributed by atoms with van der Waals surface area (Å²) in [5.41, 5.74) is 0.357. The summed E-state index contributed by atoms with van der Waals surface area (Å²) in [6.07, 6.45) is 0. The zero-order valence-corrected chi connectivity index (χ0v) is 11.8. The molecule has 0 radical (unpaired) electrons. The van der Waals surface area contributed by atoms with Crippen molar-refractivity contribution in [3.63, 3.8) is 0 Å². The van der Waals surface area contributed by atoms with Gasteiger partial charge in [0.1, 0.15) is 10.7 Å². The first-order valence-electron chi connectivity index (χ1n) is 5.76. The fourth-order valence-electron chi connectivity index (χ4n) is 1.60. The molecular formula is C12H14N2O3S2. The summed E-state index contributed by atoms with van der Waals surface area (Å²) in [5.74, 6) is -0.262. The number of thiophene rings is 1. The molecule has 2 rings (SSSR count). The lowest BCUT2D eigenvalue weighted by Gasteiger charge is -2.19. The summed E-state index contributed by atoms with van der Waals surface area (Å²) >= 11 is 2.99. The van der Waals surface area contributed by atoms with E-state index in [-0.39, 0.29) is 32.2 Å². The molecule has 102 valence electrons. The molecule has 0 atom stereocenters. The lowest BCUT2D eigenvalue weighted by Crippen LogP contribution is -2.36. The van der Waals surface area contributed by atoms with Gasteiger partial charge in [-0.05, 0) is 11.4 Å². The van der Waals surface area contributed by atoms with Crippen LogP contribution in [0.3, 0.4) is 0 Å². The van der Waals surface area contributed by atoms with Crippen LogP contribution in [0.2, 0.25) is 0 Å². The maximum absolute atomic E-state index is 12.2. The highest BCUT2D eigenvalue weighted by atomic mass is 32.1. The van der Waals surface area contributed by atoms with E-state index in [4.69, 9.17) is 10.2 Å². The second-order valence-electron chi connectivity index (χ2n) is 3.75. The number of thiazole rings is 1. The van der Waals surface area contributed by atoms with Gasteiger partial charge in [0.05, 0.1) is 18.1 Å². The smallest absolute Gasteiger partial charge is 0.273 e. The van der Waals surface area contributed by atoms with E-state index in [0.717, 1.165) is 9.88 Å². The topological polar surface area (TPSA) is 73.7 Å². The number of aromatic nitrogens is 1. The average Bonchev–Trinajstić information content (AvgIpc) is 3.08. The third-order valence-corrected chi connectivity index (χ3v) is 4.36. The van der Waals surface area contributed by atoms with Gasteiger partial charge in [0.25, 0.3) is 5.91 Å². The molecule has 2 aromatic rings. The molecule has 0 saturated heterocycles. The van der Waals surface area contributed by atoms with Gasteiger partial charge in [0, 0.05) is 18.5 Å². The maximum atomic E-state index is 12.2. The predicted molar refractivity (Wildman–Crippen MR) is 75.5 cm³/mol. The van der Waals surface area contributed by atoms with Gasteiger partial charge in [0.15, 0.2) is 0 Å². The molecule has 0 fully saturated rings. The Morgan fingerprint density at radius 3 is 2.58 bits per heavy atom. The third kappa shape index (κ3) is 3.38. The molecule has 2 N–H and O–H groups in total. The van der Waals surface area contributed by atoms with Gasteiger partial charge in [-0.25, -0.2) is 4.98 Å². The first-order valence-corrected chi connectivity index (χ1v) is 7.52. The van der Waals surface area contributed by atoms with Crippen LogP contribution in [-0.2, 0) is 0 Å². The predicted octanol–water partition coefficient (Wildman–Crippen LogP) is 1.30. The average molecular weight is 298 g/mol. The number of amides is 1. The van der Waals surface area contributed by atoms with Crippen LogP contribution in [0.5, 0.6) is 0 Å². The van der Waals surface area contributed by atoms with E-state index in [1.807, 2.05) is 17.5 Å². The van der Waals surface area contributed by atoms with Crippen molar-refractivity contribution in [3.8, 4) is 9.88 Å². The standard InChI is InChI=1S/C12H14N2O3S2/c15-5-3-14(4-6-16)12(17)9-8-19-11(13-9)10-2-1-7-18-10/h1-2,7-8,15-16H,3-6H2. The highest BCUT2D eigenvalue weighted by molar-refractivity contribution is 7.20. The molecule has 0 aromatic carbocycles. The first-order chi connectivity index (χ1) is 9.26. The van der Waals surface area contributed by atoms with Crippen LogP contribution in [-0.4, -0.2) is 52.3 Å². The lowest BCUT2D eigenvalue weighted by molar-refractivity contribution is 0.0680. The van der Waals surface area contributed by atoms with Crippen LogP contribution < -0.4 is 0 Å². The minimum absolute atomic E-state index is 0.131. The Hall–Kier alpha value is -1.28. The fraction of sp³-hybridized carbons (Fsp3) is 0.333. The summed E-state index contributed by atoms with van der Waals surface area (Å²) in [7, 11) is 0. The highest BCUT2D eigenvalue weighted by Crippen LogP contribution is 2.28. The van der Waals surface area contributed by atoms with Crippen molar-refractivity contribution in [1.29, 1.82) is 0 Å². The molecule has 0 bridgehead atoms. The van der Waals surface area contributed by atoms with Gasteiger partial charge in [-0.3, -0.25) is 4.79 Å². The Morgan fingerprint density at radius 1 is 1.26 bits per heavy atom. The quantitative estimate of drug-likeness (QED) is 0.843. The number of hydrogen-bond donors (Lipinski definition) is 2. The third-order valence-electron chi connectivity index (χ3n) is 2.48. The van der Waals surface area contributed by atoms with Crippen molar-refractivity contribution in [3.05, 3.63) is 28.6 Å². The molecule has 0 unspecified atom stereocenters. The molecule has 0 aliphatic rings. The molecule has 7 heteroatoms. The SMILES string of the molecule is O=C(c1csc(-c2cccs2)n1)N(CCO)CCO. The van der Waals surface area contributed by atoms with Gasteiger partial charge < -0.3 is 15.1 Å². The number of carbonyl (C=O) groups excluding carboxylic acids is 1. The minimum Gasteiger partial charge on any atom is -0.395 e. The van der Waals surface area contributed by atoms with Gasteiger partial charge >= 0.3 is 0 Å². The van der Waals surface area contributed by atoms with E-state index in [0.29, 0.717) is 5.69 Å². The normalized spacial score (nSPS) is 10.6. The van der Waals surface area contributed by atoms with Crippen LogP contribution in [0.25, 0.3) is 9.88 Å². The number of hydrogen-bond acceptors (Lipinski definition) is 6. The minimum atomic E-state index is -0.262. The number of aliphatic hydroxyl groups is 2. The Labute approximate surface area is 118 Å². The van der Waals surface area contributed by atoms with E-state index in [2.05, 4.69) is 4.98 Å². The van der Waals surface area contributed by atoms with Crippen LogP contribution in [0.4, 0.5) is 0 Å². The molecule has 0 aliphatic heterocycles. The summed E-state index contributed by atoms with van der Waals surface area (Å²) in [5, 5.41) is 22.3. The number of rotatable bonds is 6. The Bertz CT molecular complexity index is 519. The molecule has 2 heterocycles. The Balaban J connectivity index is 2.14. The first kappa shape index (κ1) is 14.1. The number of nitrogens with zero attached hydrogens (tertiary/aromatic N) is 2. The van der Waals surface area contributed by atoms with Crippen molar-refractivity contribution < 1.29 is 15.0 Å². The summed E-state index contributed by atoms with van der Waals surface area (Å²) in [4.78, 5) is 18.9. The monoisotopic (exact) mass is 298 g/mol. The van der Waals surface area contributed by atoms with Crippen molar-refractivity contribution in [2.24, 2.45) is 0 Å². The number of aliphatic hydroxyl groups excluding tert-OH is 2. The summed E-state index contributed by atoms with van der Waals surface area (Å²) < 4.78 is 0. The molecule has 5 nitrogen and oxygen atoms in total. The molecule has 0 aliphatic carbocycles. The summed E-state index contributed by atoms with van der Waals surface area (Å²) in [6.45, 7) is 0.137. The number of carbonyl (C=O) groups is 1. The van der Waals surface area contributed by atoms with Crippen molar-refractivity contribution in [2.45, 2.75) is 0 Å². The molecule has 19 heavy (non-hydrogen) atoms. The van der Waals surface area contributed by atoms with E-state index < -0.39 is 0 Å². The van der Waals surface area contributed by atoms with E-state index in [1.165, 1.54) is 16.2 Å². The van der Waals surface area contributed by atoms with Crippen LogP contribution in [0.15, 0.2) is 22.9 Å². The van der Waals surface area contributed by atoms with Gasteiger partial charge in [-0.15, -0.1) is 22.7 Å². The fourth-order valence-corrected chi connectivity index (χ4v) is 3.21. The zero-order chi connectivity index (χ0) is 13.7. The largest absolute Gasteiger partial charge is 0.395 e. The van der Waals surface area contributed by atoms with Crippen molar-refractivity contribution in [2.75, 3.05) is 26.3 Å². The van der Waals surface area contributed by atoms with Gasteiger partial charge in [-0.1, -0.05) is 6.07 Å². The summed E-state index contributed by atoms with van der Waals surface area (Å²) in [6, 6.07) is 3.89. The maximum Gasteiger partial charge on any atom is 0.273 e. The van der Waals surface area contributed by atoms with E-state index in [9.17, 15) is 4.79 Å². The lowest BCUT2D eigenvalue weighted by atomic mass is 10.3. The second-order valence-corrected chi connectivity index (χ2v) is 5.56. The van der Waals surface area contributed by atoms with Crippen LogP contribution in [0.1, 0.15) is 10.5 Å². The highest BCUT2D eigenvalue weighted by Gasteiger charge is 2.18. The molecule has 1 amide bonds.